The van der Waals surface area contributed by atoms with Gasteiger partial charge < -0.3 is 10.6 Å². The quantitative estimate of drug-likeness (QED) is 0.322. The molecule has 134 valence electrons. The van der Waals surface area contributed by atoms with Gasteiger partial charge in [-0.25, -0.2) is 0 Å². The third kappa shape index (κ3) is 6.37. The molecule has 0 aliphatic heterocycles. The first-order chi connectivity index (χ1) is 11.1. The van der Waals surface area contributed by atoms with E-state index in [9.17, 15) is 22.6 Å². The van der Waals surface area contributed by atoms with Crippen LogP contribution in [0, 0.1) is 0 Å². The number of hydrogen-bond acceptors (Lipinski definition) is 4. The second-order valence-corrected chi connectivity index (χ2v) is 9.30. The lowest BCUT2D eigenvalue weighted by molar-refractivity contribution is -0.116. The van der Waals surface area contributed by atoms with Crippen molar-refractivity contribution in [1.29, 1.82) is 0 Å². The van der Waals surface area contributed by atoms with Crippen LogP contribution < -0.4 is 10.6 Å². The van der Waals surface area contributed by atoms with Crippen LogP contribution in [0.5, 0.6) is 0 Å². The molecule has 0 spiro atoms. The van der Waals surface area contributed by atoms with Gasteiger partial charge in [-0.3, -0.25) is 14.1 Å². The zero-order valence-corrected chi connectivity index (χ0v) is 19.0. The number of benzene rings is 1. The molecule has 3 N–H and O–H groups in total. The van der Waals surface area contributed by atoms with Crippen molar-refractivity contribution in [2.24, 2.45) is 0 Å². The van der Waals surface area contributed by atoms with Crippen LogP contribution in [0.25, 0.3) is 0 Å². The van der Waals surface area contributed by atoms with Crippen molar-refractivity contribution in [1.82, 2.24) is 0 Å². The first-order valence-electron chi connectivity index (χ1n) is 6.23. The second kappa shape index (κ2) is 9.62. The van der Waals surface area contributed by atoms with Gasteiger partial charge in [0.1, 0.15) is 14.5 Å². The highest BCUT2D eigenvalue weighted by Gasteiger charge is 2.22. The minimum atomic E-state index is -4.61. The maximum absolute atomic E-state index is 11.9. The lowest BCUT2D eigenvalue weighted by atomic mass is 10.2. The summed E-state index contributed by atoms with van der Waals surface area (Å²) in [6, 6.07) is 3.75. The molecule has 24 heavy (non-hydrogen) atoms. The summed E-state index contributed by atoms with van der Waals surface area (Å²) in [5.41, 5.74) is 0.0636. The Morgan fingerprint density at radius 3 is 2.00 bits per heavy atom. The van der Waals surface area contributed by atoms with E-state index in [1.54, 1.807) is 0 Å². The molecule has 2 unspecified atom stereocenters. The summed E-state index contributed by atoms with van der Waals surface area (Å²) in [6.45, 7) is 0. The molecule has 0 heterocycles. The van der Waals surface area contributed by atoms with Crippen molar-refractivity contribution in [2.45, 2.75) is 14.5 Å². The zero-order valence-electron chi connectivity index (χ0n) is 11.8. The molecule has 2 atom stereocenters. The maximum atomic E-state index is 11.9. The topological polar surface area (TPSA) is 113 Å². The van der Waals surface area contributed by atoms with Gasteiger partial charge in [-0.2, -0.15) is 8.42 Å². The van der Waals surface area contributed by atoms with E-state index < -0.39 is 36.5 Å². The fraction of sp³-hybridized carbons (Fsp3) is 0.333. The van der Waals surface area contributed by atoms with Gasteiger partial charge in [0.15, 0.2) is 0 Å². The molecule has 12 heteroatoms. The van der Waals surface area contributed by atoms with Gasteiger partial charge in [-0.1, -0.05) is 63.7 Å². The van der Waals surface area contributed by atoms with E-state index in [0.29, 0.717) is 10.7 Å². The van der Waals surface area contributed by atoms with Gasteiger partial charge in [0.2, 0.25) is 11.8 Å². The van der Waals surface area contributed by atoms with Crippen LogP contribution in [-0.2, 0) is 19.7 Å². The van der Waals surface area contributed by atoms with Gasteiger partial charge >= 0.3 is 0 Å². The lowest BCUT2D eigenvalue weighted by Crippen LogP contribution is -2.25. The Morgan fingerprint density at radius 1 is 1.04 bits per heavy atom. The summed E-state index contributed by atoms with van der Waals surface area (Å²) >= 11 is 12.5. The number of carbonyl (C=O) groups is 2. The van der Waals surface area contributed by atoms with E-state index in [4.69, 9.17) is 0 Å². The normalized spacial score (nSPS) is 13.9. The number of alkyl halides is 4. The van der Waals surface area contributed by atoms with Gasteiger partial charge in [0, 0.05) is 16.3 Å². The van der Waals surface area contributed by atoms with Gasteiger partial charge in [0.25, 0.3) is 10.1 Å². The Hall–Kier alpha value is -0.01000. The van der Waals surface area contributed by atoms with E-state index in [-0.39, 0.29) is 11.4 Å². The van der Waals surface area contributed by atoms with Crippen molar-refractivity contribution in [3.63, 3.8) is 0 Å². The molecule has 0 fully saturated rings. The first-order valence-corrected chi connectivity index (χ1v) is 11.7. The SMILES string of the molecule is O=C(Nc1ccc(NC(=O)C(Br)CBr)c(S(=O)(=O)O)c1)C(Br)CBr. The molecule has 1 aromatic rings. The van der Waals surface area contributed by atoms with Crippen LogP contribution >= 0.6 is 63.7 Å². The lowest BCUT2D eigenvalue weighted by Gasteiger charge is -2.14. The number of amides is 2. The molecule has 0 aliphatic rings. The van der Waals surface area contributed by atoms with Crippen molar-refractivity contribution in [3.8, 4) is 0 Å². The van der Waals surface area contributed by atoms with Crippen molar-refractivity contribution >= 4 is 97.0 Å². The smallest absolute Gasteiger partial charge is 0.296 e. The van der Waals surface area contributed by atoms with Crippen molar-refractivity contribution in [2.75, 3.05) is 21.3 Å². The number of hydrogen-bond donors (Lipinski definition) is 3. The summed E-state index contributed by atoms with van der Waals surface area (Å²) in [7, 11) is -4.61. The number of anilines is 2. The third-order valence-corrected chi connectivity index (χ3v) is 8.03. The van der Waals surface area contributed by atoms with Crippen LogP contribution in [0.15, 0.2) is 23.1 Å². The molecule has 0 aliphatic carbocycles. The van der Waals surface area contributed by atoms with Crippen LogP contribution in [0.1, 0.15) is 0 Å². The monoisotopic (exact) mass is 612 g/mol. The molecule has 7 nitrogen and oxygen atoms in total. The number of halogens is 4. The Bertz CT molecular complexity index is 728. The minimum absolute atomic E-state index is 0.0956. The van der Waals surface area contributed by atoms with E-state index in [2.05, 4.69) is 74.4 Å². The van der Waals surface area contributed by atoms with Crippen LogP contribution in [0.2, 0.25) is 0 Å². The zero-order chi connectivity index (χ0) is 18.5. The summed E-state index contributed by atoms with van der Waals surface area (Å²) in [4.78, 5) is 22.1. The first kappa shape index (κ1) is 22.0. The molecular formula is C12H12Br4N2O5S. The fourth-order valence-corrected chi connectivity index (χ4v) is 2.98. The largest absolute Gasteiger partial charge is 0.325 e. The molecule has 0 saturated heterocycles. The minimum Gasteiger partial charge on any atom is -0.325 e. The molecule has 0 aromatic heterocycles. The molecule has 1 aromatic carbocycles. The Kier molecular flexibility index (Phi) is 8.83. The van der Waals surface area contributed by atoms with Crippen molar-refractivity contribution in [3.05, 3.63) is 18.2 Å². The van der Waals surface area contributed by atoms with Crippen molar-refractivity contribution < 1.29 is 22.6 Å². The summed E-state index contributed by atoms with van der Waals surface area (Å²) < 4.78 is 32.5. The van der Waals surface area contributed by atoms with Gasteiger partial charge in [-0.05, 0) is 18.2 Å². The number of carbonyl (C=O) groups excluding carboxylic acids is 2. The summed E-state index contributed by atoms with van der Waals surface area (Å²) in [5, 5.41) is 5.57. The molecular weight excluding hydrogens is 604 g/mol. The van der Waals surface area contributed by atoms with Crippen LogP contribution in [0.3, 0.4) is 0 Å². The highest BCUT2D eigenvalue weighted by molar-refractivity contribution is 9.12. The Labute approximate surface area is 172 Å². The predicted molar refractivity (Wildman–Crippen MR) is 107 cm³/mol. The summed E-state index contributed by atoms with van der Waals surface area (Å²) in [6.07, 6.45) is 0. The fourth-order valence-electron chi connectivity index (χ4n) is 1.49. The average Bonchev–Trinajstić information content (AvgIpc) is 2.53. The van der Waals surface area contributed by atoms with Gasteiger partial charge in [0.05, 0.1) is 5.69 Å². The maximum Gasteiger partial charge on any atom is 0.296 e. The van der Waals surface area contributed by atoms with E-state index in [0.717, 1.165) is 6.07 Å². The molecule has 2 amide bonds. The summed E-state index contributed by atoms with van der Waals surface area (Å²) in [5.74, 6) is -0.891. The highest BCUT2D eigenvalue weighted by Crippen LogP contribution is 2.26. The Balaban J connectivity index is 3.15. The predicted octanol–water partition coefficient (Wildman–Crippen LogP) is 3.13. The van der Waals surface area contributed by atoms with Crippen LogP contribution in [0.4, 0.5) is 11.4 Å². The van der Waals surface area contributed by atoms with Gasteiger partial charge in [-0.15, -0.1) is 0 Å². The molecule has 1 rings (SSSR count). The molecule has 0 saturated carbocycles. The molecule has 0 radical (unpaired) electrons. The third-order valence-electron chi connectivity index (χ3n) is 2.62. The number of nitrogens with one attached hydrogen (secondary N) is 2. The average molecular weight is 616 g/mol. The van der Waals surface area contributed by atoms with E-state index in [1.807, 2.05) is 0 Å². The highest BCUT2D eigenvalue weighted by atomic mass is 79.9. The van der Waals surface area contributed by atoms with Crippen LogP contribution in [-0.4, -0.2) is 45.1 Å². The standard InChI is InChI=1S/C12H12Br4N2O5S/c13-4-7(15)11(19)17-6-1-2-9(10(3-6)24(21,22)23)18-12(20)8(16)5-14/h1-3,7-8H,4-5H2,(H,17,19)(H,18,20)(H,21,22,23). The Morgan fingerprint density at radius 2 is 1.54 bits per heavy atom. The van der Waals surface area contributed by atoms with E-state index in [1.165, 1.54) is 12.1 Å². The van der Waals surface area contributed by atoms with E-state index >= 15 is 0 Å². The second-order valence-electron chi connectivity index (χ2n) is 4.41. The number of rotatable bonds is 7. The molecule has 0 bridgehead atoms.